The van der Waals surface area contributed by atoms with E-state index in [1.54, 1.807) is 10.9 Å². The van der Waals surface area contributed by atoms with Gasteiger partial charge < -0.3 is 9.88 Å². The number of amides is 1. The number of aryl methyl sites for hydroxylation is 1. The van der Waals surface area contributed by atoms with Gasteiger partial charge in [0.15, 0.2) is 0 Å². The van der Waals surface area contributed by atoms with E-state index >= 15 is 0 Å². The summed E-state index contributed by atoms with van der Waals surface area (Å²) in [7, 11) is 0. The molecule has 3 rings (SSSR count). The first-order valence-corrected chi connectivity index (χ1v) is 6.93. The van der Waals surface area contributed by atoms with Crippen molar-refractivity contribution in [3.63, 3.8) is 0 Å². The molecule has 94 valence electrons. The lowest BCUT2D eigenvalue weighted by molar-refractivity contribution is 0.0940. The average Bonchev–Trinajstić information content (AvgIpc) is 3.05. The van der Waals surface area contributed by atoms with Crippen molar-refractivity contribution in [2.24, 2.45) is 5.92 Å². The van der Waals surface area contributed by atoms with Gasteiger partial charge in [0.05, 0.1) is 5.51 Å². The summed E-state index contributed by atoms with van der Waals surface area (Å²) >= 11 is 1.44. The highest BCUT2D eigenvalue weighted by molar-refractivity contribution is 7.07. The zero-order chi connectivity index (χ0) is 12.4. The Morgan fingerprint density at radius 2 is 2.50 bits per heavy atom. The standard InChI is InChI=1S/C12H14N4OS/c17-12(10-7-18-8-15-10)14-6-9-1-3-16-4-2-13-11(16)5-9/h2,4,7-9H,1,3,5-6H2,(H,14,17). The summed E-state index contributed by atoms with van der Waals surface area (Å²) < 4.78 is 2.18. The number of nitrogens with zero attached hydrogens (tertiary/aromatic N) is 3. The molecule has 1 aliphatic heterocycles. The first-order valence-electron chi connectivity index (χ1n) is 5.99. The molecular weight excluding hydrogens is 248 g/mol. The molecule has 2 aromatic heterocycles. The average molecular weight is 262 g/mol. The highest BCUT2D eigenvalue weighted by Gasteiger charge is 2.20. The molecule has 0 saturated carbocycles. The second-order valence-electron chi connectivity index (χ2n) is 4.48. The van der Waals surface area contributed by atoms with E-state index in [0.29, 0.717) is 18.2 Å². The number of fused-ring (bicyclic) bond motifs is 1. The van der Waals surface area contributed by atoms with Crippen LogP contribution < -0.4 is 5.32 Å². The van der Waals surface area contributed by atoms with Crippen LogP contribution in [0.5, 0.6) is 0 Å². The lowest BCUT2D eigenvalue weighted by Gasteiger charge is -2.23. The summed E-state index contributed by atoms with van der Waals surface area (Å²) in [5, 5.41) is 4.71. The molecule has 3 heterocycles. The van der Waals surface area contributed by atoms with Crippen LogP contribution in [0.25, 0.3) is 0 Å². The van der Waals surface area contributed by atoms with E-state index in [1.807, 2.05) is 12.4 Å². The summed E-state index contributed by atoms with van der Waals surface area (Å²) in [6.07, 6.45) is 5.87. The Morgan fingerprint density at radius 3 is 3.33 bits per heavy atom. The fourth-order valence-electron chi connectivity index (χ4n) is 2.24. The molecule has 1 amide bonds. The summed E-state index contributed by atoms with van der Waals surface area (Å²) in [5.41, 5.74) is 2.18. The molecule has 18 heavy (non-hydrogen) atoms. The molecule has 1 atom stereocenters. The Morgan fingerprint density at radius 1 is 1.56 bits per heavy atom. The van der Waals surface area contributed by atoms with Crippen molar-refractivity contribution < 1.29 is 4.79 Å². The molecule has 0 radical (unpaired) electrons. The van der Waals surface area contributed by atoms with Crippen molar-refractivity contribution in [2.45, 2.75) is 19.4 Å². The van der Waals surface area contributed by atoms with Gasteiger partial charge in [-0.15, -0.1) is 11.3 Å². The van der Waals surface area contributed by atoms with Crippen LogP contribution in [0.15, 0.2) is 23.3 Å². The zero-order valence-corrected chi connectivity index (χ0v) is 10.7. The van der Waals surface area contributed by atoms with Crippen molar-refractivity contribution in [3.05, 3.63) is 34.8 Å². The van der Waals surface area contributed by atoms with Crippen LogP contribution in [0.1, 0.15) is 22.7 Å². The number of carbonyl (C=O) groups excluding carboxylic acids is 1. The fourth-order valence-corrected chi connectivity index (χ4v) is 2.77. The lowest BCUT2D eigenvalue weighted by atomic mass is 9.98. The smallest absolute Gasteiger partial charge is 0.270 e. The summed E-state index contributed by atoms with van der Waals surface area (Å²) in [6, 6.07) is 0. The predicted molar refractivity (Wildman–Crippen MR) is 68.5 cm³/mol. The third-order valence-corrected chi connectivity index (χ3v) is 3.85. The van der Waals surface area contributed by atoms with E-state index in [4.69, 9.17) is 0 Å². The predicted octanol–water partition coefficient (Wildman–Crippen LogP) is 1.33. The Hall–Kier alpha value is -1.69. The largest absolute Gasteiger partial charge is 0.350 e. The van der Waals surface area contributed by atoms with Crippen molar-refractivity contribution in [1.82, 2.24) is 19.9 Å². The van der Waals surface area contributed by atoms with Crippen LogP contribution in [0, 0.1) is 5.92 Å². The molecule has 5 nitrogen and oxygen atoms in total. The maximum Gasteiger partial charge on any atom is 0.270 e. The summed E-state index contributed by atoms with van der Waals surface area (Å²) in [4.78, 5) is 20.1. The van der Waals surface area contributed by atoms with Crippen molar-refractivity contribution in [3.8, 4) is 0 Å². The van der Waals surface area contributed by atoms with Crippen LogP contribution in [0.4, 0.5) is 0 Å². The quantitative estimate of drug-likeness (QED) is 0.908. The van der Waals surface area contributed by atoms with Gasteiger partial charge >= 0.3 is 0 Å². The minimum Gasteiger partial charge on any atom is -0.350 e. The van der Waals surface area contributed by atoms with E-state index in [9.17, 15) is 4.79 Å². The van der Waals surface area contributed by atoms with Gasteiger partial charge in [-0.05, 0) is 12.3 Å². The first-order chi connectivity index (χ1) is 8.83. The van der Waals surface area contributed by atoms with E-state index in [2.05, 4.69) is 19.9 Å². The molecular formula is C12H14N4OS. The first kappa shape index (κ1) is 11.4. The van der Waals surface area contributed by atoms with Crippen molar-refractivity contribution in [2.75, 3.05) is 6.54 Å². The monoisotopic (exact) mass is 262 g/mol. The molecule has 1 N–H and O–H groups in total. The molecule has 0 saturated heterocycles. The van der Waals surface area contributed by atoms with Crippen LogP contribution >= 0.6 is 11.3 Å². The molecule has 0 spiro atoms. The number of hydrogen-bond acceptors (Lipinski definition) is 4. The number of imidazole rings is 1. The SMILES string of the molecule is O=C(NCC1CCn2ccnc2C1)c1cscn1. The van der Waals surface area contributed by atoms with E-state index in [-0.39, 0.29) is 5.91 Å². The van der Waals surface area contributed by atoms with Gasteiger partial charge in [0.2, 0.25) is 0 Å². The maximum absolute atomic E-state index is 11.8. The molecule has 0 fully saturated rings. The van der Waals surface area contributed by atoms with Gasteiger partial charge in [-0.25, -0.2) is 9.97 Å². The molecule has 0 aliphatic carbocycles. The minimum atomic E-state index is -0.0786. The Bertz CT molecular complexity index is 534. The number of hydrogen-bond donors (Lipinski definition) is 1. The second-order valence-corrected chi connectivity index (χ2v) is 5.20. The Labute approximate surface area is 109 Å². The second kappa shape index (κ2) is 4.89. The number of thiazole rings is 1. The van der Waals surface area contributed by atoms with Crippen LogP contribution in [0.3, 0.4) is 0 Å². The number of rotatable bonds is 3. The highest BCUT2D eigenvalue weighted by Crippen LogP contribution is 2.18. The zero-order valence-electron chi connectivity index (χ0n) is 9.87. The normalized spacial score (nSPS) is 18.3. The molecule has 0 bridgehead atoms. The van der Waals surface area contributed by atoms with Gasteiger partial charge in [0, 0.05) is 37.3 Å². The minimum absolute atomic E-state index is 0.0786. The third-order valence-electron chi connectivity index (χ3n) is 3.27. The van der Waals surface area contributed by atoms with Crippen molar-refractivity contribution in [1.29, 1.82) is 0 Å². The number of carbonyl (C=O) groups is 1. The summed E-state index contributed by atoms with van der Waals surface area (Å²) in [5.74, 6) is 1.52. The van der Waals surface area contributed by atoms with Crippen LogP contribution in [-0.4, -0.2) is 27.0 Å². The van der Waals surface area contributed by atoms with Gasteiger partial charge in [-0.1, -0.05) is 0 Å². The van der Waals surface area contributed by atoms with Crippen LogP contribution in [0.2, 0.25) is 0 Å². The molecule has 2 aromatic rings. The van der Waals surface area contributed by atoms with Gasteiger partial charge in [0.1, 0.15) is 11.5 Å². The van der Waals surface area contributed by atoms with Crippen LogP contribution in [-0.2, 0) is 13.0 Å². The Balaban J connectivity index is 1.54. The van der Waals surface area contributed by atoms with Gasteiger partial charge in [-0.2, -0.15) is 0 Å². The topological polar surface area (TPSA) is 59.8 Å². The fraction of sp³-hybridized carbons (Fsp3) is 0.417. The highest BCUT2D eigenvalue weighted by atomic mass is 32.1. The maximum atomic E-state index is 11.8. The van der Waals surface area contributed by atoms with E-state index in [1.165, 1.54) is 11.3 Å². The summed E-state index contributed by atoms with van der Waals surface area (Å²) in [6.45, 7) is 1.69. The van der Waals surface area contributed by atoms with Gasteiger partial charge in [-0.3, -0.25) is 4.79 Å². The molecule has 6 heteroatoms. The lowest BCUT2D eigenvalue weighted by Crippen LogP contribution is -2.33. The van der Waals surface area contributed by atoms with Gasteiger partial charge in [0.25, 0.3) is 5.91 Å². The molecule has 0 aromatic carbocycles. The number of nitrogens with one attached hydrogen (secondary N) is 1. The Kier molecular flexibility index (Phi) is 3.10. The number of aromatic nitrogens is 3. The molecule has 1 aliphatic rings. The van der Waals surface area contributed by atoms with E-state index < -0.39 is 0 Å². The molecule has 1 unspecified atom stereocenters. The van der Waals surface area contributed by atoms with Crippen molar-refractivity contribution >= 4 is 17.2 Å². The third kappa shape index (κ3) is 2.28. The van der Waals surface area contributed by atoms with E-state index in [0.717, 1.165) is 25.2 Å².